The first kappa shape index (κ1) is 17.4. The van der Waals surface area contributed by atoms with Crippen LogP contribution < -0.4 is 4.72 Å². The molecule has 1 saturated heterocycles. The second kappa shape index (κ2) is 5.61. The van der Waals surface area contributed by atoms with Crippen molar-refractivity contribution in [2.75, 3.05) is 6.54 Å². The molecule has 0 saturated carbocycles. The van der Waals surface area contributed by atoms with Crippen molar-refractivity contribution in [2.24, 2.45) is 0 Å². The first-order valence-electron chi connectivity index (χ1n) is 6.85. The van der Waals surface area contributed by atoms with Crippen molar-refractivity contribution < 1.29 is 17.9 Å². The Hall–Kier alpha value is -0.660. The summed E-state index contributed by atoms with van der Waals surface area (Å²) in [5.74, 6) is -0.478. The number of esters is 1. The van der Waals surface area contributed by atoms with Crippen LogP contribution in [0.3, 0.4) is 0 Å². The Bertz CT molecular complexity index is 460. The summed E-state index contributed by atoms with van der Waals surface area (Å²) >= 11 is 0. The van der Waals surface area contributed by atoms with Gasteiger partial charge in [-0.2, -0.15) is 17.4 Å². The average molecular weight is 306 g/mol. The third kappa shape index (κ3) is 5.03. The maximum atomic E-state index is 12.3. The summed E-state index contributed by atoms with van der Waals surface area (Å²) in [5.41, 5.74) is -1.20. The Balaban J connectivity index is 2.87. The summed E-state index contributed by atoms with van der Waals surface area (Å²) in [4.78, 5) is 12.1. The fourth-order valence-corrected chi connectivity index (χ4v) is 3.87. The summed E-state index contributed by atoms with van der Waals surface area (Å²) in [5, 5.41) is 0. The lowest BCUT2D eigenvalue weighted by Gasteiger charge is -2.29. The molecule has 0 unspecified atom stereocenters. The van der Waals surface area contributed by atoms with Gasteiger partial charge >= 0.3 is 5.97 Å². The van der Waals surface area contributed by atoms with Gasteiger partial charge in [-0.1, -0.05) is 0 Å². The van der Waals surface area contributed by atoms with E-state index in [1.165, 1.54) is 4.31 Å². The molecule has 0 radical (unpaired) electrons. The van der Waals surface area contributed by atoms with E-state index in [4.69, 9.17) is 4.74 Å². The molecule has 0 aromatic rings. The van der Waals surface area contributed by atoms with Crippen LogP contribution >= 0.6 is 0 Å². The zero-order valence-corrected chi connectivity index (χ0v) is 14.0. The topological polar surface area (TPSA) is 75.7 Å². The Labute approximate surface area is 122 Å². The average Bonchev–Trinajstić information content (AvgIpc) is 2.58. The fraction of sp³-hybridized carbons (Fsp3) is 0.923. The van der Waals surface area contributed by atoms with E-state index in [1.807, 2.05) is 0 Å². The minimum absolute atomic E-state index is 0.343. The van der Waals surface area contributed by atoms with Crippen LogP contribution in [-0.4, -0.2) is 42.4 Å². The van der Waals surface area contributed by atoms with Gasteiger partial charge in [0.1, 0.15) is 11.6 Å². The standard InChI is InChI=1S/C13H26N2O4S/c1-12(2,3)14-20(17,18)15-9-7-8-10(15)11(16)19-13(4,5)6/h10,14H,7-9H2,1-6H3/t10-/m0/s1. The molecular formula is C13H26N2O4S. The normalized spacial score (nSPS) is 22.0. The summed E-state index contributed by atoms with van der Waals surface area (Å²) in [7, 11) is -3.68. The van der Waals surface area contributed by atoms with Crippen LogP contribution in [0.15, 0.2) is 0 Å². The van der Waals surface area contributed by atoms with E-state index in [1.54, 1.807) is 41.5 Å². The molecule has 0 aromatic carbocycles. The molecule has 0 aliphatic carbocycles. The number of rotatable bonds is 3. The van der Waals surface area contributed by atoms with E-state index >= 15 is 0 Å². The lowest BCUT2D eigenvalue weighted by molar-refractivity contribution is -0.158. The highest BCUT2D eigenvalue weighted by atomic mass is 32.2. The lowest BCUT2D eigenvalue weighted by Crippen LogP contribution is -2.52. The van der Waals surface area contributed by atoms with Crippen LogP contribution in [0.4, 0.5) is 0 Å². The zero-order chi connectivity index (χ0) is 15.8. The minimum Gasteiger partial charge on any atom is -0.459 e. The van der Waals surface area contributed by atoms with Crippen molar-refractivity contribution in [2.45, 2.75) is 71.6 Å². The maximum Gasteiger partial charge on any atom is 0.325 e. The number of carbonyl (C=O) groups is 1. The Morgan fingerprint density at radius 2 is 1.75 bits per heavy atom. The molecule has 1 aliphatic heterocycles. The quantitative estimate of drug-likeness (QED) is 0.800. The monoisotopic (exact) mass is 306 g/mol. The molecule has 1 atom stereocenters. The van der Waals surface area contributed by atoms with Crippen LogP contribution in [0.5, 0.6) is 0 Å². The van der Waals surface area contributed by atoms with Gasteiger partial charge in [0.15, 0.2) is 0 Å². The summed E-state index contributed by atoms with van der Waals surface area (Å²) in [6.45, 7) is 11.0. The fourth-order valence-electron chi connectivity index (χ4n) is 2.08. The van der Waals surface area contributed by atoms with Crippen molar-refractivity contribution in [1.29, 1.82) is 0 Å². The predicted molar refractivity (Wildman–Crippen MR) is 77.4 cm³/mol. The van der Waals surface area contributed by atoms with Gasteiger partial charge in [0, 0.05) is 12.1 Å². The van der Waals surface area contributed by atoms with Crippen molar-refractivity contribution in [3.63, 3.8) is 0 Å². The molecule has 1 fully saturated rings. The highest BCUT2D eigenvalue weighted by molar-refractivity contribution is 7.87. The number of ether oxygens (including phenoxy) is 1. The highest BCUT2D eigenvalue weighted by Crippen LogP contribution is 2.24. The lowest BCUT2D eigenvalue weighted by atomic mass is 10.1. The second-order valence-corrected chi connectivity index (χ2v) is 8.78. The predicted octanol–water partition coefficient (Wildman–Crippen LogP) is 1.43. The van der Waals surface area contributed by atoms with Crippen LogP contribution in [0.2, 0.25) is 0 Å². The number of hydrogen-bond donors (Lipinski definition) is 1. The van der Waals surface area contributed by atoms with E-state index in [-0.39, 0.29) is 0 Å². The van der Waals surface area contributed by atoms with E-state index in [2.05, 4.69) is 4.72 Å². The van der Waals surface area contributed by atoms with E-state index in [9.17, 15) is 13.2 Å². The number of nitrogens with zero attached hydrogens (tertiary/aromatic N) is 1. The minimum atomic E-state index is -3.68. The zero-order valence-electron chi connectivity index (χ0n) is 13.2. The Kier molecular flexibility index (Phi) is 4.88. The molecule has 7 heteroatoms. The molecule has 0 amide bonds. The van der Waals surface area contributed by atoms with Gasteiger partial charge in [-0.05, 0) is 54.4 Å². The van der Waals surface area contributed by atoms with Crippen LogP contribution in [0.25, 0.3) is 0 Å². The van der Waals surface area contributed by atoms with Gasteiger partial charge in [-0.25, -0.2) is 0 Å². The molecule has 1 heterocycles. The van der Waals surface area contributed by atoms with E-state index < -0.39 is 33.4 Å². The molecule has 20 heavy (non-hydrogen) atoms. The number of carbonyl (C=O) groups excluding carboxylic acids is 1. The largest absolute Gasteiger partial charge is 0.459 e. The smallest absolute Gasteiger partial charge is 0.325 e. The number of nitrogens with one attached hydrogen (secondary N) is 1. The van der Waals surface area contributed by atoms with Crippen molar-refractivity contribution in [3.8, 4) is 0 Å². The molecule has 0 aromatic heterocycles. The van der Waals surface area contributed by atoms with Crippen molar-refractivity contribution in [1.82, 2.24) is 9.03 Å². The molecular weight excluding hydrogens is 280 g/mol. The van der Waals surface area contributed by atoms with Crippen molar-refractivity contribution >= 4 is 16.2 Å². The molecule has 1 N–H and O–H groups in total. The molecule has 0 bridgehead atoms. The first-order chi connectivity index (χ1) is 8.82. The maximum absolute atomic E-state index is 12.3. The third-order valence-corrected chi connectivity index (χ3v) is 4.55. The summed E-state index contributed by atoms with van der Waals surface area (Å²) in [6, 6.07) is -0.728. The molecule has 1 rings (SSSR count). The van der Waals surface area contributed by atoms with Gasteiger partial charge < -0.3 is 4.74 Å². The van der Waals surface area contributed by atoms with Gasteiger partial charge in [0.05, 0.1) is 0 Å². The van der Waals surface area contributed by atoms with Crippen molar-refractivity contribution in [3.05, 3.63) is 0 Å². The first-order valence-corrected chi connectivity index (χ1v) is 8.29. The van der Waals surface area contributed by atoms with Crippen LogP contribution in [0, 0.1) is 0 Å². The highest BCUT2D eigenvalue weighted by Gasteiger charge is 2.41. The van der Waals surface area contributed by atoms with Gasteiger partial charge in [0.25, 0.3) is 10.2 Å². The Morgan fingerprint density at radius 1 is 1.20 bits per heavy atom. The summed E-state index contributed by atoms with van der Waals surface area (Å²) in [6.07, 6.45) is 1.16. The molecule has 6 nitrogen and oxygen atoms in total. The molecule has 0 spiro atoms. The Morgan fingerprint density at radius 3 is 2.20 bits per heavy atom. The van der Waals surface area contributed by atoms with E-state index in [0.717, 1.165) is 0 Å². The van der Waals surface area contributed by atoms with Gasteiger partial charge in [0.2, 0.25) is 0 Å². The molecule has 1 aliphatic rings. The SMILES string of the molecule is CC(C)(C)NS(=O)(=O)N1CCC[C@H]1C(=O)OC(C)(C)C. The summed E-state index contributed by atoms with van der Waals surface area (Å²) < 4.78 is 33.8. The number of hydrogen-bond acceptors (Lipinski definition) is 4. The van der Waals surface area contributed by atoms with Gasteiger partial charge in [-0.3, -0.25) is 4.79 Å². The third-order valence-electron chi connectivity index (χ3n) is 2.63. The van der Waals surface area contributed by atoms with E-state index in [0.29, 0.717) is 19.4 Å². The van der Waals surface area contributed by atoms with Crippen LogP contribution in [0.1, 0.15) is 54.4 Å². The second-order valence-electron chi connectivity index (χ2n) is 7.16. The van der Waals surface area contributed by atoms with Crippen LogP contribution in [-0.2, 0) is 19.7 Å². The molecule has 118 valence electrons. The van der Waals surface area contributed by atoms with Gasteiger partial charge in [-0.15, -0.1) is 0 Å².